The lowest BCUT2D eigenvalue weighted by Crippen LogP contribution is -2.02. The Morgan fingerprint density at radius 1 is 1.00 bits per heavy atom. The summed E-state index contributed by atoms with van der Waals surface area (Å²) in [5.74, 6) is 0.612. The fraction of sp³-hybridized carbons (Fsp3) is 0.647. The highest BCUT2D eigenvalue weighted by molar-refractivity contribution is 5.41. The molecule has 0 bridgehead atoms. The number of hydrogen-bond donors (Lipinski definition) is 2. The van der Waals surface area contributed by atoms with E-state index >= 15 is 0 Å². The average Bonchev–Trinajstić information content (AvgIpc) is 2.46. The minimum Gasteiger partial charge on any atom is -0.504 e. The molecule has 0 saturated heterocycles. The van der Waals surface area contributed by atoms with Crippen LogP contribution in [0.2, 0.25) is 0 Å². The Hall–Kier alpha value is -1.22. The third-order valence-corrected chi connectivity index (χ3v) is 3.44. The molecule has 0 fully saturated rings. The van der Waals surface area contributed by atoms with E-state index in [1.165, 1.54) is 50.5 Å². The maximum atomic E-state index is 9.65. The molecule has 1 aromatic carbocycles. The van der Waals surface area contributed by atoms with Crippen molar-refractivity contribution in [1.29, 1.82) is 0 Å². The first kappa shape index (κ1) is 16.8. The predicted octanol–water partition coefficient (Wildman–Crippen LogP) is 4.06. The van der Waals surface area contributed by atoms with Crippen LogP contribution < -0.4 is 4.74 Å². The molecule has 0 saturated carbocycles. The van der Waals surface area contributed by atoms with Gasteiger partial charge in [-0.15, -0.1) is 0 Å². The number of aliphatic hydroxyl groups excluding tert-OH is 1. The third-order valence-electron chi connectivity index (χ3n) is 3.44. The fourth-order valence-corrected chi connectivity index (χ4v) is 2.27. The summed E-state index contributed by atoms with van der Waals surface area (Å²) >= 11 is 0. The fourth-order valence-electron chi connectivity index (χ4n) is 2.27. The number of aromatic hydroxyl groups is 1. The lowest BCUT2D eigenvalue weighted by molar-refractivity contribution is 0.197. The lowest BCUT2D eigenvalue weighted by Gasteiger charge is -2.09. The first-order chi connectivity index (χ1) is 9.77. The highest BCUT2D eigenvalue weighted by Gasteiger charge is 2.04. The Morgan fingerprint density at radius 3 is 2.40 bits per heavy atom. The van der Waals surface area contributed by atoms with Gasteiger partial charge in [0.2, 0.25) is 0 Å². The Labute approximate surface area is 122 Å². The van der Waals surface area contributed by atoms with Crippen LogP contribution in [0.15, 0.2) is 18.2 Å². The summed E-state index contributed by atoms with van der Waals surface area (Å²) in [5, 5.41) is 18.4. The zero-order valence-electron chi connectivity index (χ0n) is 12.6. The number of unbranched alkanes of at least 4 members (excludes halogenated alkanes) is 6. The van der Waals surface area contributed by atoms with Crippen molar-refractivity contribution < 1.29 is 14.9 Å². The Balaban J connectivity index is 2.26. The normalized spacial score (nSPS) is 10.7. The second kappa shape index (κ2) is 10.6. The van der Waals surface area contributed by atoms with Crippen molar-refractivity contribution in [2.45, 2.75) is 58.3 Å². The van der Waals surface area contributed by atoms with Crippen LogP contribution in [0.1, 0.15) is 57.4 Å². The van der Waals surface area contributed by atoms with Crippen LogP contribution in [-0.4, -0.2) is 23.4 Å². The molecule has 0 atom stereocenters. The molecule has 0 aromatic heterocycles. The number of aliphatic hydroxyl groups is 1. The summed E-state index contributed by atoms with van der Waals surface area (Å²) < 4.78 is 5.30. The Kier molecular flexibility index (Phi) is 8.88. The van der Waals surface area contributed by atoms with Crippen LogP contribution >= 0.6 is 0 Å². The quantitative estimate of drug-likeness (QED) is 0.601. The molecular formula is C17H28O3. The van der Waals surface area contributed by atoms with Crippen LogP contribution in [0.3, 0.4) is 0 Å². The number of rotatable bonds is 11. The smallest absolute Gasteiger partial charge is 0.161 e. The van der Waals surface area contributed by atoms with E-state index in [4.69, 9.17) is 9.84 Å². The molecule has 0 radical (unpaired) electrons. The molecule has 1 aromatic rings. The molecule has 20 heavy (non-hydrogen) atoms. The molecule has 0 heterocycles. The first-order valence-electron chi connectivity index (χ1n) is 7.83. The first-order valence-corrected chi connectivity index (χ1v) is 7.83. The Bertz CT molecular complexity index is 363. The van der Waals surface area contributed by atoms with E-state index in [0.717, 1.165) is 6.42 Å². The SMILES string of the molecule is CCCCCCCCCc1ccc(O)c(OCCO)c1. The highest BCUT2D eigenvalue weighted by atomic mass is 16.5. The second-order valence-corrected chi connectivity index (χ2v) is 5.25. The van der Waals surface area contributed by atoms with Gasteiger partial charge < -0.3 is 14.9 Å². The molecule has 2 N–H and O–H groups in total. The maximum absolute atomic E-state index is 9.65. The molecule has 0 unspecified atom stereocenters. The standard InChI is InChI=1S/C17H28O3/c1-2-3-4-5-6-7-8-9-15-10-11-16(19)17(14-15)20-13-12-18/h10-11,14,18-19H,2-9,12-13H2,1H3. The van der Waals surface area contributed by atoms with Gasteiger partial charge in [0.25, 0.3) is 0 Å². The lowest BCUT2D eigenvalue weighted by atomic mass is 10.0. The van der Waals surface area contributed by atoms with E-state index in [1.807, 2.05) is 12.1 Å². The molecule has 114 valence electrons. The topological polar surface area (TPSA) is 49.7 Å². The summed E-state index contributed by atoms with van der Waals surface area (Å²) in [6.45, 7) is 2.41. The van der Waals surface area contributed by atoms with E-state index in [1.54, 1.807) is 6.07 Å². The van der Waals surface area contributed by atoms with Crippen LogP contribution in [0.4, 0.5) is 0 Å². The molecule has 1 rings (SSSR count). The third kappa shape index (κ3) is 6.80. The second-order valence-electron chi connectivity index (χ2n) is 5.25. The Morgan fingerprint density at radius 2 is 1.70 bits per heavy atom. The van der Waals surface area contributed by atoms with E-state index in [9.17, 15) is 5.11 Å². The van der Waals surface area contributed by atoms with Crippen molar-refractivity contribution in [3.8, 4) is 11.5 Å². The van der Waals surface area contributed by atoms with Crippen LogP contribution in [0.5, 0.6) is 11.5 Å². The van der Waals surface area contributed by atoms with Gasteiger partial charge in [-0.25, -0.2) is 0 Å². The monoisotopic (exact) mass is 280 g/mol. The van der Waals surface area contributed by atoms with Crippen molar-refractivity contribution in [2.75, 3.05) is 13.2 Å². The van der Waals surface area contributed by atoms with E-state index in [0.29, 0.717) is 5.75 Å². The average molecular weight is 280 g/mol. The maximum Gasteiger partial charge on any atom is 0.161 e. The summed E-state index contributed by atoms with van der Waals surface area (Å²) in [6, 6.07) is 5.49. The predicted molar refractivity (Wildman–Crippen MR) is 82.4 cm³/mol. The molecule has 0 aliphatic heterocycles. The van der Waals surface area contributed by atoms with Crippen molar-refractivity contribution >= 4 is 0 Å². The van der Waals surface area contributed by atoms with Gasteiger partial charge in [0.1, 0.15) is 6.61 Å². The van der Waals surface area contributed by atoms with Crippen molar-refractivity contribution in [1.82, 2.24) is 0 Å². The molecule has 3 nitrogen and oxygen atoms in total. The van der Waals surface area contributed by atoms with Gasteiger partial charge in [-0.2, -0.15) is 0 Å². The summed E-state index contributed by atoms with van der Waals surface area (Å²) in [4.78, 5) is 0. The molecule has 3 heteroatoms. The van der Waals surface area contributed by atoms with Crippen LogP contribution in [-0.2, 0) is 6.42 Å². The zero-order valence-corrected chi connectivity index (χ0v) is 12.6. The number of phenolic OH excluding ortho intramolecular Hbond substituents is 1. The minimum atomic E-state index is -0.0403. The summed E-state index contributed by atoms with van der Waals surface area (Å²) in [5.41, 5.74) is 1.18. The highest BCUT2D eigenvalue weighted by Crippen LogP contribution is 2.27. The largest absolute Gasteiger partial charge is 0.504 e. The number of ether oxygens (including phenoxy) is 1. The molecule has 0 aliphatic carbocycles. The van der Waals surface area contributed by atoms with Gasteiger partial charge in [0.05, 0.1) is 6.61 Å². The molecule has 0 spiro atoms. The van der Waals surface area contributed by atoms with Crippen LogP contribution in [0, 0.1) is 0 Å². The zero-order chi connectivity index (χ0) is 14.6. The van der Waals surface area contributed by atoms with Crippen molar-refractivity contribution in [2.24, 2.45) is 0 Å². The van der Waals surface area contributed by atoms with Crippen molar-refractivity contribution in [3.63, 3.8) is 0 Å². The van der Waals surface area contributed by atoms with Gasteiger partial charge in [-0.3, -0.25) is 0 Å². The van der Waals surface area contributed by atoms with Crippen molar-refractivity contribution in [3.05, 3.63) is 23.8 Å². The minimum absolute atomic E-state index is 0.0403. The van der Waals surface area contributed by atoms with Crippen LogP contribution in [0.25, 0.3) is 0 Å². The van der Waals surface area contributed by atoms with Gasteiger partial charge >= 0.3 is 0 Å². The van der Waals surface area contributed by atoms with Gasteiger partial charge in [-0.05, 0) is 30.5 Å². The van der Waals surface area contributed by atoms with Gasteiger partial charge in [0.15, 0.2) is 11.5 Å². The number of benzene rings is 1. The number of hydrogen-bond acceptors (Lipinski definition) is 3. The number of phenols is 1. The van der Waals surface area contributed by atoms with E-state index in [-0.39, 0.29) is 19.0 Å². The summed E-state index contributed by atoms with van der Waals surface area (Å²) in [7, 11) is 0. The molecule has 0 amide bonds. The van der Waals surface area contributed by atoms with Gasteiger partial charge in [0, 0.05) is 0 Å². The van der Waals surface area contributed by atoms with Gasteiger partial charge in [-0.1, -0.05) is 51.5 Å². The summed E-state index contributed by atoms with van der Waals surface area (Å²) in [6.07, 6.45) is 10.1. The van der Waals surface area contributed by atoms with E-state index < -0.39 is 0 Å². The molecule has 0 aliphatic rings. The molecular weight excluding hydrogens is 252 g/mol. The number of aryl methyl sites for hydroxylation is 1. The van der Waals surface area contributed by atoms with E-state index in [2.05, 4.69) is 6.92 Å².